The first-order chi connectivity index (χ1) is 8.12. The van der Waals surface area contributed by atoms with E-state index in [4.69, 9.17) is 0 Å². The Morgan fingerprint density at radius 1 is 1.41 bits per heavy atom. The van der Waals surface area contributed by atoms with E-state index >= 15 is 0 Å². The van der Waals surface area contributed by atoms with Gasteiger partial charge in [0, 0.05) is 18.9 Å². The van der Waals surface area contributed by atoms with Gasteiger partial charge in [-0.05, 0) is 13.1 Å². The number of anilines is 1. The van der Waals surface area contributed by atoms with Crippen LogP contribution < -0.4 is 10.0 Å². The highest BCUT2D eigenvalue weighted by molar-refractivity contribution is 7.89. The maximum absolute atomic E-state index is 11.2. The largest absolute Gasteiger partial charge is 0.367 e. The van der Waals surface area contributed by atoms with Crippen LogP contribution in [0.15, 0.2) is 24.7 Å². The summed E-state index contributed by atoms with van der Waals surface area (Å²) < 4.78 is 26.4. The summed E-state index contributed by atoms with van der Waals surface area (Å²) in [6, 6.07) is 1.81. The average Bonchev–Trinajstić information content (AvgIpc) is 2.78. The van der Waals surface area contributed by atoms with Crippen LogP contribution in [0.1, 0.15) is 0 Å². The summed E-state index contributed by atoms with van der Waals surface area (Å²) in [5, 5.41) is 7.03. The van der Waals surface area contributed by atoms with Crippen LogP contribution in [0.4, 0.5) is 5.82 Å². The Hall–Kier alpha value is -1.67. The molecule has 0 aliphatic heterocycles. The topological polar surface area (TPSA) is 88.4 Å². The van der Waals surface area contributed by atoms with Crippen LogP contribution in [-0.2, 0) is 10.0 Å². The SMILES string of the molecule is CNS(=O)(=O)CCNc1nccn2nccc12. The highest BCUT2D eigenvalue weighted by atomic mass is 32.2. The molecule has 2 N–H and O–H groups in total. The third-order valence-electron chi connectivity index (χ3n) is 2.30. The zero-order valence-corrected chi connectivity index (χ0v) is 10.1. The molecule has 0 spiro atoms. The molecule has 0 unspecified atom stereocenters. The van der Waals surface area contributed by atoms with Gasteiger partial charge in [0.2, 0.25) is 10.0 Å². The fraction of sp³-hybridized carbons (Fsp3) is 0.333. The lowest BCUT2D eigenvalue weighted by Crippen LogP contribution is -2.26. The average molecular weight is 255 g/mol. The minimum Gasteiger partial charge on any atom is -0.367 e. The third-order valence-corrected chi connectivity index (χ3v) is 3.66. The molecule has 0 aliphatic carbocycles. The van der Waals surface area contributed by atoms with Gasteiger partial charge in [-0.3, -0.25) is 0 Å². The molecule has 0 atom stereocenters. The van der Waals surface area contributed by atoms with Gasteiger partial charge >= 0.3 is 0 Å². The van der Waals surface area contributed by atoms with E-state index in [1.54, 1.807) is 23.1 Å². The van der Waals surface area contributed by atoms with Crippen molar-refractivity contribution in [3.05, 3.63) is 24.7 Å². The molecule has 17 heavy (non-hydrogen) atoms. The highest BCUT2D eigenvalue weighted by Crippen LogP contribution is 2.11. The summed E-state index contributed by atoms with van der Waals surface area (Å²) in [6.45, 7) is 0.293. The van der Waals surface area contributed by atoms with Gasteiger partial charge < -0.3 is 5.32 Å². The molecule has 0 aromatic carbocycles. The molecule has 0 bridgehead atoms. The van der Waals surface area contributed by atoms with Crippen LogP contribution in [0.25, 0.3) is 5.52 Å². The second-order valence-electron chi connectivity index (χ2n) is 3.39. The molecule has 8 heteroatoms. The highest BCUT2D eigenvalue weighted by Gasteiger charge is 2.07. The Balaban J connectivity index is 2.07. The van der Waals surface area contributed by atoms with Crippen molar-refractivity contribution in [3.8, 4) is 0 Å². The number of hydrogen-bond donors (Lipinski definition) is 2. The Kier molecular flexibility index (Phi) is 3.25. The lowest BCUT2D eigenvalue weighted by molar-refractivity contribution is 0.588. The molecule has 0 fully saturated rings. The number of aromatic nitrogens is 3. The number of nitrogens with zero attached hydrogens (tertiary/aromatic N) is 3. The van der Waals surface area contributed by atoms with Gasteiger partial charge in [0.05, 0.1) is 11.9 Å². The lowest BCUT2D eigenvalue weighted by atomic mass is 10.4. The summed E-state index contributed by atoms with van der Waals surface area (Å²) in [6.07, 6.45) is 4.99. The van der Waals surface area contributed by atoms with Gasteiger partial charge in [0.1, 0.15) is 5.52 Å². The zero-order chi connectivity index (χ0) is 12.3. The minimum absolute atomic E-state index is 0.000368. The molecular formula is C9H13N5O2S. The first kappa shape index (κ1) is 11.8. The van der Waals surface area contributed by atoms with E-state index in [0.717, 1.165) is 5.52 Å². The predicted molar refractivity (Wildman–Crippen MR) is 64.3 cm³/mol. The van der Waals surface area contributed by atoms with Crippen LogP contribution >= 0.6 is 0 Å². The molecule has 2 heterocycles. The van der Waals surface area contributed by atoms with E-state index in [1.807, 2.05) is 6.07 Å². The zero-order valence-electron chi connectivity index (χ0n) is 9.29. The summed E-state index contributed by atoms with van der Waals surface area (Å²) in [5.74, 6) is 0.622. The van der Waals surface area contributed by atoms with E-state index in [2.05, 4.69) is 20.1 Å². The second-order valence-corrected chi connectivity index (χ2v) is 5.43. The fourth-order valence-electron chi connectivity index (χ4n) is 1.40. The normalized spacial score (nSPS) is 11.8. The van der Waals surface area contributed by atoms with Crippen LogP contribution in [0.5, 0.6) is 0 Å². The molecule has 2 rings (SSSR count). The maximum atomic E-state index is 11.2. The second kappa shape index (κ2) is 4.68. The van der Waals surface area contributed by atoms with E-state index in [-0.39, 0.29) is 5.75 Å². The molecule has 2 aromatic rings. The molecule has 7 nitrogen and oxygen atoms in total. The van der Waals surface area contributed by atoms with Crippen molar-refractivity contribution in [1.29, 1.82) is 0 Å². The summed E-state index contributed by atoms with van der Waals surface area (Å²) in [4.78, 5) is 4.14. The number of nitrogens with one attached hydrogen (secondary N) is 2. The minimum atomic E-state index is -3.19. The van der Waals surface area contributed by atoms with E-state index < -0.39 is 10.0 Å². The maximum Gasteiger partial charge on any atom is 0.213 e. The van der Waals surface area contributed by atoms with Gasteiger partial charge in [0.15, 0.2) is 5.82 Å². The quantitative estimate of drug-likeness (QED) is 0.765. The Labute approximate surface area is 98.9 Å². The molecule has 0 saturated carbocycles. The van der Waals surface area contributed by atoms with Crippen molar-refractivity contribution in [3.63, 3.8) is 0 Å². The molecule has 92 valence electrons. The summed E-state index contributed by atoms with van der Waals surface area (Å²) in [5.41, 5.74) is 0.814. The number of sulfonamides is 1. The van der Waals surface area contributed by atoms with Gasteiger partial charge in [-0.25, -0.2) is 22.6 Å². The fourth-order valence-corrected chi connectivity index (χ4v) is 1.97. The van der Waals surface area contributed by atoms with Crippen LogP contribution in [-0.4, -0.2) is 42.4 Å². The number of hydrogen-bond acceptors (Lipinski definition) is 5. The predicted octanol–water partition coefficient (Wildman–Crippen LogP) is -0.310. The van der Waals surface area contributed by atoms with Crippen LogP contribution in [0, 0.1) is 0 Å². The summed E-state index contributed by atoms with van der Waals surface area (Å²) >= 11 is 0. The Bertz CT molecular complexity index is 607. The molecular weight excluding hydrogens is 242 g/mol. The first-order valence-corrected chi connectivity index (χ1v) is 6.71. The monoisotopic (exact) mass is 255 g/mol. The molecule has 0 amide bonds. The van der Waals surface area contributed by atoms with E-state index in [0.29, 0.717) is 12.4 Å². The number of fused-ring (bicyclic) bond motifs is 1. The van der Waals surface area contributed by atoms with Crippen molar-refractivity contribution in [2.45, 2.75) is 0 Å². The van der Waals surface area contributed by atoms with Gasteiger partial charge in [-0.1, -0.05) is 0 Å². The summed E-state index contributed by atoms with van der Waals surface area (Å²) in [7, 11) is -1.80. The third kappa shape index (κ3) is 2.71. The number of rotatable bonds is 5. The van der Waals surface area contributed by atoms with E-state index in [1.165, 1.54) is 7.05 Å². The Morgan fingerprint density at radius 3 is 3.00 bits per heavy atom. The van der Waals surface area contributed by atoms with Crippen molar-refractivity contribution in [2.24, 2.45) is 0 Å². The molecule has 0 aliphatic rings. The lowest BCUT2D eigenvalue weighted by Gasteiger charge is -2.06. The van der Waals surface area contributed by atoms with Crippen LogP contribution in [0.3, 0.4) is 0 Å². The van der Waals surface area contributed by atoms with Gasteiger partial charge in [0.25, 0.3) is 0 Å². The molecule has 0 radical (unpaired) electrons. The van der Waals surface area contributed by atoms with Crippen molar-refractivity contribution in [2.75, 3.05) is 24.7 Å². The van der Waals surface area contributed by atoms with Crippen molar-refractivity contribution < 1.29 is 8.42 Å². The van der Waals surface area contributed by atoms with Gasteiger partial charge in [-0.2, -0.15) is 5.10 Å². The van der Waals surface area contributed by atoms with Gasteiger partial charge in [-0.15, -0.1) is 0 Å². The molecule has 2 aromatic heterocycles. The van der Waals surface area contributed by atoms with Crippen molar-refractivity contribution in [1.82, 2.24) is 19.3 Å². The van der Waals surface area contributed by atoms with Crippen LogP contribution in [0.2, 0.25) is 0 Å². The smallest absolute Gasteiger partial charge is 0.213 e. The Morgan fingerprint density at radius 2 is 2.24 bits per heavy atom. The first-order valence-electron chi connectivity index (χ1n) is 5.06. The molecule has 0 saturated heterocycles. The van der Waals surface area contributed by atoms with Crippen molar-refractivity contribution >= 4 is 21.4 Å². The van der Waals surface area contributed by atoms with E-state index in [9.17, 15) is 8.42 Å². The standard InChI is InChI=1S/C9H13N5O2S/c1-10-17(15,16)7-5-12-9-8-2-3-13-14(8)6-4-11-9/h2-4,6,10H,5,7H2,1H3,(H,11,12).